The minimum atomic E-state index is 0.901. The lowest BCUT2D eigenvalue weighted by atomic mass is 10.0. The average Bonchev–Trinajstić information content (AvgIpc) is 3.87. The fraction of sp³-hybridized carbons (Fsp3) is 0.0208. The summed E-state index contributed by atoms with van der Waals surface area (Å²) in [7, 11) is 0. The first-order valence-electron chi connectivity index (χ1n) is 18.0. The van der Waals surface area contributed by atoms with Crippen molar-refractivity contribution in [3.8, 4) is 11.5 Å². The Hall–Kier alpha value is -6.69. The lowest BCUT2D eigenvalue weighted by Crippen LogP contribution is -2.11. The van der Waals surface area contributed by atoms with Crippen molar-refractivity contribution in [1.82, 2.24) is 14.1 Å². The van der Waals surface area contributed by atoms with Crippen LogP contribution < -0.4 is 4.90 Å². The summed E-state index contributed by atoms with van der Waals surface area (Å²) >= 11 is 1.86. The maximum atomic E-state index is 4.81. The molecule has 0 atom stereocenters. The summed E-state index contributed by atoms with van der Waals surface area (Å²) in [6.07, 6.45) is 1.87. The number of aromatic nitrogens is 3. The van der Waals surface area contributed by atoms with E-state index in [-0.39, 0.29) is 0 Å². The van der Waals surface area contributed by atoms with Gasteiger partial charge in [0.05, 0.1) is 33.4 Å². The van der Waals surface area contributed by atoms with Gasteiger partial charge in [-0.15, -0.1) is 11.3 Å². The molecule has 250 valence electrons. The van der Waals surface area contributed by atoms with E-state index in [1.807, 2.05) is 23.6 Å². The van der Waals surface area contributed by atoms with Gasteiger partial charge in [-0.05, 0) is 91.9 Å². The van der Waals surface area contributed by atoms with Crippen LogP contribution in [0.15, 0.2) is 176 Å². The van der Waals surface area contributed by atoms with Crippen LogP contribution in [0.1, 0.15) is 5.56 Å². The van der Waals surface area contributed by atoms with E-state index in [0.717, 1.165) is 39.6 Å². The number of thiophene rings is 1. The Bertz CT molecular complexity index is 3190. The number of benzene rings is 7. The zero-order valence-electron chi connectivity index (χ0n) is 28.9. The molecule has 0 unspecified atom stereocenters. The highest BCUT2D eigenvalue weighted by atomic mass is 32.1. The molecule has 0 aliphatic rings. The van der Waals surface area contributed by atoms with Crippen molar-refractivity contribution < 1.29 is 0 Å². The molecule has 0 amide bonds. The number of pyridine rings is 1. The predicted molar refractivity (Wildman–Crippen MR) is 225 cm³/mol. The maximum absolute atomic E-state index is 4.81. The average molecular weight is 697 g/mol. The van der Waals surface area contributed by atoms with Crippen LogP contribution in [0.2, 0.25) is 0 Å². The molecule has 0 radical (unpaired) electrons. The summed E-state index contributed by atoms with van der Waals surface area (Å²) in [5.41, 5.74) is 10.3. The number of fused-ring (bicyclic) bond motifs is 9. The van der Waals surface area contributed by atoms with E-state index < -0.39 is 0 Å². The highest BCUT2D eigenvalue weighted by molar-refractivity contribution is 7.25. The lowest BCUT2D eigenvalue weighted by molar-refractivity contribution is 1.08. The fourth-order valence-electron chi connectivity index (χ4n) is 8.34. The number of nitrogens with zero attached hydrogens (tertiary/aromatic N) is 4. The largest absolute Gasteiger partial charge is 0.309 e. The van der Waals surface area contributed by atoms with Crippen LogP contribution in [0, 0.1) is 6.92 Å². The molecule has 11 rings (SSSR count). The lowest BCUT2D eigenvalue weighted by Gasteiger charge is -2.27. The first kappa shape index (κ1) is 30.0. The summed E-state index contributed by atoms with van der Waals surface area (Å²) < 4.78 is 7.36. The van der Waals surface area contributed by atoms with E-state index in [9.17, 15) is 0 Å². The molecule has 4 nitrogen and oxygen atoms in total. The smallest absolute Gasteiger partial charge is 0.137 e. The third kappa shape index (κ3) is 4.51. The minimum absolute atomic E-state index is 0.901. The second-order valence-corrected chi connectivity index (χ2v) is 14.8. The van der Waals surface area contributed by atoms with Crippen molar-refractivity contribution >= 4 is 92.2 Å². The Morgan fingerprint density at radius 3 is 1.75 bits per heavy atom. The quantitative estimate of drug-likeness (QED) is 0.179. The first-order valence-corrected chi connectivity index (χ1v) is 18.8. The Kier molecular flexibility index (Phi) is 6.60. The molecule has 0 saturated carbocycles. The monoisotopic (exact) mass is 696 g/mol. The second kappa shape index (κ2) is 11.7. The summed E-state index contributed by atoms with van der Waals surface area (Å²) in [6, 6.07) is 61.7. The van der Waals surface area contributed by atoms with Crippen molar-refractivity contribution in [3.63, 3.8) is 0 Å². The van der Waals surface area contributed by atoms with Gasteiger partial charge in [0.1, 0.15) is 5.82 Å². The number of para-hydroxylation sites is 2. The zero-order valence-corrected chi connectivity index (χ0v) is 29.8. The third-order valence-corrected chi connectivity index (χ3v) is 11.8. The Morgan fingerprint density at radius 1 is 0.472 bits per heavy atom. The number of rotatable bonds is 5. The molecular weight excluding hydrogens is 665 g/mol. The molecule has 0 aliphatic carbocycles. The predicted octanol–water partition coefficient (Wildman–Crippen LogP) is 13.4. The molecule has 0 saturated heterocycles. The first-order chi connectivity index (χ1) is 26.2. The summed E-state index contributed by atoms with van der Waals surface area (Å²) in [5.74, 6) is 0.901. The van der Waals surface area contributed by atoms with E-state index in [0.29, 0.717) is 0 Å². The van der Waals surface area contributed by atoms with Gasteiger partial charge >= 0.3 is 0 Å². The van der Waals surface area contributed by atoms with Crippen LogP contribution in [0.4, 0.5) is 17.1 Å². The highest BCUT2D eigenvalue weighted by Gasteiger charge is 2.25. The van der Waals surface area contributed by atoms with E-state index in [1.165, 1.54) is 58.3 Å². The van der Waals surface area contributed by atoms with Gasteiger partial charge in [-0.3, -0.25) is 4.57 Å². The van der Waals surface area contributed by atoms with Crippen LogP contribution in [-0.2, 0) is 0 Å². The number of hydrogen-bond acceptors (Lipinski definition) is 3. The van der Waals surface area contributed by atoms with Crippen molar-refractivity contribution in [1.29, 1.82) is 0 Å². The van der Waals surface area contributed by atoms with E-state index in [2.05, 4.69) is 185 Å². The van der Waals surface area contributed by atoms with Gasteiger partial charge in [-0.25, -0.2) is 4.98 Å². The van der Waals surface area contributed by atoms with E-state index in [4.69, 9.17) is 4.98 Å². The second-order valence-electron chi connectivity index (χ2n) is 13.7. The van der Waals surface area contributed by atoms with Crippen molar-refractivity contribution in [2.45, 2.75) is 6.92 Å². The molecule has 7 aromatic carbocycles. The molecule has 53 heavy (non-hydrogen) atoms. The highest BCUT2D eigenvalue weighted by Crippen LogP contribution is 2.48. The fourth-order valence-corrected chi connectivity index (χ4v) is 9.43. The normalized spacial score (nSPS) is 11.9. The molecule has 0 fully saturated rings. The molecule has 0 bridgehead atoms. The standard InChI is InChI=1S/C48H32N4S/c1-31-23-25-32(26-24-31)50(41-18-11-20-43-48(41)36-14-3-6-16-39(36)52(43)46-22-8-9-29-49-46)40-17-10-19-42-47(40)35-13-2-5-15-38(35)51(42)33-27-28-45-37(30-33)34-12-4-7-21-44(34)53-45/h2-30H,1H3. The van der Waals surface area contributed by atoms with Crippen LogP contribution in [0.3, 0.4) is 0 Å². The van der Waals surface area contributed by atoms with Gasteiger partial charge < -0.3 is 9.47 Å². The topological polar surface area (TPSA) is 26.0 Å². The molecule has 0 aliphatic heterocycles. The van der Waals surface area contributed by atoms with Gasteiger partial charge in [0.25, 0.3) is 0 Å². The van der Waals surface area contributed by atoms with Gasteiger partial charge in [0.15, 0.2) is 0 Å². The van der Waals surface area contributed by atoms with Gasteiger partial charge in [-0.1, -0.05) is 90.5 Å². The van der Waals surface area contributed by atoms with Crippen molar-refractivity contribution in [2.75, 3.05) is 4.90 Å². The SMILES string of the molecule is Cc1ccc(N(c2cccc3c2c2ccccc2n3-c2ccc3sc4ccccc4c3c2)c2cccc3c2c2ccccc2n3-c2ccccn2)cc1. The molecule has 0 spiro atoms. The van der Waals surface area contributed by atoms with Gasteiger partial charge in [-0.2, -0.15) is 0 Å². The summed E-state index contributed by atoms with van der Waals surface area (Å²) in [4.78, 5) is 7.27. The molecule has 4 heterocycles. The van der Waals surface area contributed by atoms with Crippen molar-refractivity contribution in [3.05, 3.63) is 182 Å². The molecular formula is C48H32N4S. The number of aryl methyl sites for hydroxylation is 1. The number of anilines is 3. The van der Waals surface area contributed by atoms with Crippen LogP contribution in [-0.4, -0.2) is 14.1 Å². The number of hydrogen-bond donors (Lipinski definition) is 0. The van der Waals surface area contributed by atoms with E-state index in [1.54, 1.807) is 0 Å². The van der Waals surface area contributed by atoms with Crippen LogP contribution in [0.25, 0.3) is 75.3 Å². The molecule has 0 N–H and O–H groups in total. The third-order valence-electron chi connectivity index (χ3n) is 10.6. The van der Waals surface area contributed by atoms with Gasteiger partial charge in [0, 0.05) is 59.3 Å². The van der Waals surface area contributed by atoms with Crippen molar-refractivity contribution in [2.24, 2.45) is 0 Å². The Morgan fingerprint density at radius 2 is 1.06 bits per heavy atom. The van der Waals surface area contributed by atoms with E-state index >= 15 is 0 Å². The zero-order chi connectivity index (χ0) is 35.0. The van der Waals surface area contributed by atoms with Gasteiger partial charge in [0.2, 0.25) is 0 Å². The maximum Gasteiger partial charge on any atom is 0.137 e. The Balaban J connectivity index is 1.23. The minimum Gasteiger partial charge on any atom is -0.309 e. The molecule has 5 heteroatoms. The molecule has 11 aromatic rings. The Labute approximate surface area is 310 Å². The molecule has 4 aromatic heterocycles. The van der Waals surface area contributed by atoms with Crippen LogP contribution in [0.5, 0.6) is 0 Å². The summed E-state index contributed by atoms with van der Waals surface area (Å²) in [6.45, 7) is 2.15. The summed E-state index contributed by atoms with van der Waals surface area (Å²) in [5, 5.41) is 7.40. The van der Waals surface area contributed by atoms with Crippen LogP contribution >= 0.6 is 11.3 Å².